The number of anilines is 1. The lowest BCUT2D eigenvalue weighted by Gasteiger charge is -2.16. The van der Waals surface area contributed by atoms with Crippen molar-refractivity contribution in [3.8, 4) is 0 Å². The highest BCUT2D eigenvalue weighted by molar-refractivity contribution is 5.67. The molecule has 0 saturated heterocycles. The summed E-state index contributed by atoms with van der Waals surface area (Å²) in [6.07, 6.45) is 5.83. The van der Waals surface area contributed by atoms with E-state index in [4.69, 9.17) is 0 Å². The highest BCUT2D eigenvalue weighted by Crippen LogP contribution is 2.42. The third-order valence-electron chi connectivity index (χ3n) is 3.56. The molecule has 1 aromatic carbocycles. The van der Waals surface area contributed by atoms with Gasteiger partial charge >= 0.3 is 0 Å². The molecule has 0 fully saturated rings. The molecule has 1 heterocycles. The zero-order chi connectivity index (χ0) is 12.4. The van der Waals surface area contributed by atoms with Crippen molar-refractivity contribution in [3.63, 3.8) is 0 Å². The van der Waals surface area contributed by atoms with Crippen LogP contribution in [0.25, 0.3) is 0 Å². The van der Waals surface area contributed by atoms with Gasteiger partial charge in [-0.3, -0.25) is 0 Å². The average molecular weight is 233 g/mol. The first-order valence-corrected chi connectivity index (χ1v) is 6.38. The molecule has 92 valence electrons. The number of unbranched alkanes of at least 4 members (excludes halogenated alkanes) is 2. The Labute approximate surface area is 103 Å². The van der Waals surface area contributed by atoms with Gasteiger partial charge in [0.05, 0.1) is 0 Å². The predicted molar refractivity (Wildman–Crippen MR) is 70.8 cm³/mol. The second-order valence-electron chi connectivity index (χ2n) is 4.76. The first kappa shape index (κ1) is 12.2. The zero-order valence-corrected chi connectivity index (χ0v) is 10.8. The molecule has 1 atom stereocenters. The summed E-state index contributed by atoms with van der Waals surface area (Å²) in [6.45, 7) is 4.39. The number of fused-ring (bicyclic) bond motifs is 1. The maximum Gasteiger partial charge on any atom is 0.125 e. The van der Waals surface area contributed by atoms with Crippen LogP contribution in [0.3, 0.4) is 0 Å². The number of benzene rings is 1. The lowest BCUT2D eigenvalue weighted by atomic mass is 10.00. The second kappa shape index (κ2) is 4.91. The van der Waals surface area contributed by atoms with E-state index in [1.165, 1.54) is 24.1 Å². The van der Waals surface area contributed by atoms with Crippen LogP contribution in [-0.4, -0.2) is 7.05 Å². The molecular weight excluding hydrogens is 213 g/mol. The lowest BCUT2D eigenvalue weighted by Crippen LogP contribution is -2.12. The predicted octanol–water partition coefficient (Wildman–Crippen LogP) is 4.45. The van der Waals surface area contributed by atoms with Gasteiger partial charge in [-0.2, -0.15) is 0 Å². The van der Waals surface area contributed by atoms with Crippen LogP contribution in [0, 0.1) is 5.82 Å². The number of nitrogens with zero attached hydrogens (tertiary/aromatic N) is 1. The first-order chi connectivity index (χ1) is 8.15. The minimum atomic E-state index is -0.155. The Morgan fingerprint density at radius 2 is 2.18 bits per heavy atom. The van der Waals surface area contributed by atoms with Crippen LogP contribution in [0.1, 0.15) is 44.6 Å². The largest absolute Gasteiger partial charge is 0.348 e. The van der Waals surface area contributed by atoms with E-state index in [0.717, 1.165) is 12.1 Å². The first-order valence-electron chi connectivity index (χ1n) is 6.38. The van der Waals surface area contributed by atoms with Gasteiger partial charge in [-0.05, 0) is 24.1 Å². The summed E-state index contributed by atoms with van der Waals surface area (Å²) in [5.74, 6) is 0.227. The van der Waals surface area contributed by atoms with Gasteiger partial charge in [-0.25, -0.2) is 4.39 Å². The summed E-state index contributed by atoms with van der Waals surface area (Å²) >= 11 is 0. The van der Waals surface area contributed by atoms with Crippen molar-refractivity contribution < 1.29 is 4.39 Å². The summed E-state index contributed by atoms with van der Waals surface area (Å²) in [4.78, 5) is 2.12. The Morgan fingerprint density at radius 3 is 2.88 bits per heavy atom. The van der Waals surface area contributed by atoms with Crippen molar-refractivity contribution in [3.05, 3.63) is 41.4 Å². The van der Waals surface area contributed by atoms with E-state index in [0.29, 0.717) is 5.92 Å². The average Bonchev–Trinajstić information content (AvgIpc) is 2.54. The monoisotopic (exact) mass is 233 g/mol. The van der Waals surface area contributed by atoms with Crippen molar-refractivity contribution in [1.29, 1.82) is 0 Å². The summed E-state index contributed by atoms with van der Waals surface area (Å²) in [5.41, 5.74) is 3.55. The van der Waals surface area contributed by atoms with Gasteiger partial charge in [-0.15, -0.1) is 0 Å². The molecule has 1 aromatic rings. The maximum absolute atomic E-state index is 13.2. The van der Waals surface area contributed by atoms with E-state index in [2.05, 4.69) is 24.8 Å². The molecule has 0 radical (unpaired) electrons. The van der Waals surface area contributed by atoms with Gasteiger partial charge < -0.3 is 4.90 Å². The van der Waals surface area contributed by atoms with Crippen molar-refractivity contribution in [2.24, 2.45) is 0 Å². The number of likely N-dealkylation sites (N-methyl/N-ethyl adjacent to an activating group) is 1. The van der Waals surface area contributed by atoms with E-state index in [1.54, 1.807) is 12.1 Å². The molecule has 2 rings (SSSR count). The summed E-state index contributed by atoms with van der Waals surface area (Å²) in [5, 5.41) is 0. The molecule has 1 aliphatic heterocycles. The van der Waals surface area contributed by atoms with Gasteiger partial charge in [0.2, 0.25) is 0 Å². The molecule has 0 amide bonds. The van der Waals surface area contributed by atoms with E-state index in [1.807, 2.05) is 13.1 Å². The third-order valence-corrected chi connectivity index (χ3v) is 3.56. The summed E-state index contributed by atoms with van der Waals surface area (Å²) in [7, 11) is 2.03. The van der Waals surface area contributed by atoms with E-state index >= 15 is 0 Å². The highest BCUT2D eigenvalue weighted by Gasteiger charge is 2.27. The molecule has 1 aliphatic rings. The smallest absolute Gasteiger partial charge is 0.125 e. The molecule has 0 saturated carbocycles. The SMILES string of the molecule is CCCCC=C1C(C)c2ccc(F)cc2N1C. The fourth-order valence-electron chi connectivity index (χ4n) is 2.53. The highest BCUT2D eigenvalue weighted by atomic mass is 19.1. The van der Waals surface area contributed by atoms with Crippen molar-refractivity contribution in [1.82, 2.24) is 0 Å². The molecule has 2 heteroatoms. The van der Waals surface area contributed by atoms with Gasteiger partial charge in [0.15, 0.2) is 0 Å². The van der Waals surface area contributed by atoms with Gasteiger partial charge in [0.1, 0.15) is 5.82 Å². The minimum Gasteiger partial charge on any atom is -0.348 e. The second-order valence-corrected chi connectivity index (χ2v) is 4.76. The van der Waals surface area contributed by atoms with Crippen molar-refractivity contribution in [2.45, 2.75) is 39.0 Å². The maximum atomic E-state index is 13.2. The van der Waals surface area contributed by atoms with Crippen LogP contribution in [0.15, 0.2) is 30.0 Å². The fourth-order valence-corrected chi connectivity index (χ4v) is 2.53. The molecule has 17 heavy (non-hydrogen) atoms. The molecule has 0 bridgehead atoms. The number of hydrogen-bond acceptors (Lipinski definition) is 1. The topological polar surface area (TPSA) is 3.24 Å². The molecule has 0 spiro atoms. The lowest BCUT2D eigenvalue weighted by molar-refractivity contribution is 0.627. The minimum absolute atomic E-state index is 0.155. The molecule has 0 aliphatic carbocycles. The molecule has 1 nitrogen and oxygen atoms in total. The summed E-state index contributed by atoms with van der Waals surface area (Å²) in [6, 6.07) is 5.09. The Bertz CT molecular complexity index is 437. The standard InChI is InChI=1S/C15H20FN/c1-4-5-6-7-14-11(2)13-9-8-12(16)10-15(13)17(14)3/h7-11H,4-6H2,1-3H3. The van der Waals surface area contributed by atoms with E-state index in [-0.39, 0.29) is 5.82 Å². The number of halogens is 1. The molecule has 0 N–H and O–H groups in total. The number of hydrogen-bond donors (Lipinski definition) is 0. The quantitative estimate of drug-likeness (QED) is 0.697. The van der Waals surface area contributed by atoms with Crippen LogP contribution in [0.5, 0.6) is 0 Å². The molecular formula is C15H20FN. The Balaban J connectivity index is 2.28. The van der Waals surface area contributed by atoms with Crippen LogP contribution in [-0.2, 0) is 0 Å². The third kappa shape index (κ3) is 2.21. The van der Waals surface area contributed by atoms with Crippen molar-refractivity contribution in [2.75, 3.05) is 11.9 Å². The van der Waals surface area contributed by atoms with Gasteiger partial charge in [0.25, 0.3) is 0 Å². The van der Waals surface area contributed by atoms with E-state index in [9.17, 15) is 4.39 Å². The zero-order valence-electron chi connectivity index (χ0n) is 10.8. The van der Waals surface area contributed by atoms with Crippen LogP contribution >= 0.6 is 0 Å². The van der Waals surface area contributed by atoms with Gasteiger partial charge in [0, 0.05) is 24.4 Å². The Kier molecular flexibility index (Phi) is 3.51. The Hall–Kier alpha value is -1.31. The molecule has 0 aromatic heterocycles. The van der Waals surface area contributed by atoms with Crippen LogP contribution < -0.4 is 4.90 Å². The fraction of sp³-hybridized carbons (Fsp3) is 0.467. The summed E-state index contributed by atoms with van der Waals surface area (Å²) < 4.78 is 13.2. The normalized spacial score (nSPS) is 21.1. The number of allylic oxidation sites excluding steroid dienone is 2. The van der Waals surface area contributed by atoms with Crippen LogP contribution in [0.4, 0.5) is 10.1 Å². The van der Waals surface area contributed by atoms with E-state index < -0.39 is 0 Å². The van der Waals surface area contributed by atoms with Gasteiger partial charge in [-0.1, -0.05) is 38.8 Å². The number of rotatable bonds is 3. The Morgan fingerprint density at radius 1 is 1.41 bits per heavy atom. The molecule has 1 unspecified atom stereocenters. The van der Waals surface area contributed by atoms with Crippen LogP contribution in [0.2, 0.25) is 0 Å². The van der Waals surface area contributed by atoms with Crippen molar-refractivity contribution >= 4 is 5.69 Å².